The fourth-order valence-electron chi connectivity index (χ4n) is 2.37. The second kappa shape index (κ2) is 7.66. The topological polar surface area (TPSA) is 32.8 Å². The summed E-state index contributed by atoms with van der Waals surface area (Å²) in [7, 11) is 4.04. The minimum Gasteiger partial charge on any atom is -0.492 e. The lowest BCUT2D eigenvalue weighted by atomic mass is 10.1. The largest absolute Gasteiger partial charge is 0.492 e. The first-order valence-corrected chi connectivity index (χ1v) is 7.82. The van der Waals surface area contributed by atoms with Crippen LogP contribution in [-0.2, 0) is 11.3 Å². The molecule has 0 bridgehead atoms. The van der Waals surface area contributed by atoms with Crippen molar-refractivity contribution in [2.75, 3.05) is 39.7 Å². The van der Waals surface area contributed by atoms with Crippen LogP contribution in [0.3, 0.4) is 0 Å². The number of hydrogen-bond acceptors (Lipinski definition) is 3. The molecule has 0 saturated carbocycles. The van der Waals surface area contributed by atoms with E-state index in [1.165, 1.54) is 0 Å². The zero-order valence-electron chi connectivity index (χ0n) is 12.7. The quantitative estimate of drug-likeness (QED) is 0.724. The highest BCUT2D eigenvalue weighted by Crippen LogP contribution is 2.22. The molecular formula is C16H23ClN2O2. The molecule has 1 aliphatic heterocycles. The Bertz CT molecular complexity index is 462. The number of hydrogen-bond donors (Lipinski definition) is 0. The van der Waals surface area contributed by atoms with Crippen LogP contribution in [0.5, 0.6) is 5.75 Å². The average Bonchev–Trinajstić information content (AvgIpc) is 2.81. The van der Waals surface area contributed by atoms with Crippen LogP contribution >= 0.6 is 11.6 Å². The fourth-order valence-corrected chi connectivity index (χ4v) is 2.57. The van der Waals surface area contributed by atoms with Crippen LogP contribution in [0.4, 0.5) is 0 Å². The van der Waals surface area contributed by atoms with Gasteiger partial charge in [-0.3, -0.25) is 4.79 Å². The molecule has 1 aliphatic rings. The first kappa shape index (κ1) is 16.1. The number of halogens is 1. The van der Waals surface area contributed by atoms with Gasteiger partial charge in [0.1, 0.15) is 12.4 Å². The zero-order chi connectivity index (χ0) is 15.2. The molecule has 4 nitrogen and oxygen atoms in total. The Hall–Kier alpha value is -1.26. The lowest BCUT2D eigenvalue weighted by Crippen LogP contribution is -2.24. The molecule has 0 spiro atoms. The molecule has 1 aromatic carbocycles. The van der Waals surface area contributed by atoms with Crippen molar-refractivity contribution >= 4 is 17.5 Å². The first-order chi connectivity index (χ1) is 10.1. The normalized spacial score (nSPS) is 18.6. The summed E-state index contributed by atoms with van der Waals surface area (Å²) < 4.78 is 5.66. The SMILES string of the molecule is CN(C)CCOc1ccc(CN2CC(CCl)CC2=O)cc1. The van der Waals surface area contributed by atoms with Gasteiger partial charge in [-0.1, -0.05) is 12.1 Å². The van der Waals surface area contributed by atoms with E-state index in [0.717, 1.165) is 24.4 Å². The van der Waals surface area contributed by atoms with Crippen LogP contribution in [0, 0.1) is 5.92 Å². The Morgan fingerprint density at radius 2 is 2.05 bits per heavy atom. The van der Waals surface area contributed by atoms with Crippen LogP contribution in [0.1, 0.15) is 12.0 Å². The minimum atomic E-state index is 0.201. The molecule has 21 heavy (non-hydrogen) atoms. The maximum atomic E-state index is 11.9. The summed E-state index contributed by atoms with van der Waals surface area (Å²) in [5, 5.41) is 0. The van der Waals surface area contributed by atoms with Crippen LogP contribution < -0.4 is 4.74 Å². The summed E-state index contributed by atoms with van der Waals surface area (Å²) in [6, 6.07) is 7.97. The summed E-state index contributed by atoms with van der Waals surface area (Å²) in [4.78, 5) is 15.8. The molecule has 1 fully saturated rings. The Labute approximate surface area is 131 Å². The van der Waals surface area contributed by atoms with E-state index in [9.17, 15) is 4.79 Å². The standard InChI is InChI=1S/C16H23ClN2O2/c1-18(2)7-8-21-15-5-3-13(4-6-15)11-19-12-14(10-17)9-16(19)20/h3-6,14H,7-12H2,1-2H3. The molecule has 1 aromatic rings. The van der Waals surface area contributed by atoms with Crippen LogP contribution in [0.25, 0.3) is 0 Å². The summed E-state index contributed by atoms with van der Waals surface area (Å²) in [6.45, 7) is 2.99. The third kappa shape index (κ3) is 4.90. The van der Waals surface area contributed by atoms with E-state index >= 15 is 0 Å². The number of carbonyl (C=O) groups is 1. The van der Waals surface area contributed by atoms with E-state index in [2.05, 4.69) is 4.90 Å². The van der Waals surface area contributed by atoms with Gasteiger partial charge in [0.05, 0.1) is 0 Å². The summed E-state index contributed by atoms with van der Waals surface area (Å²) in [5.41, 5.74) is 1.12. The van der Waals surface area contributed by atoms with Crippen molar-refractivity contribution in [3.63, 3.8) is 0 Å². The van der Waals surface area contributed by atoms with Crippen LogP contribution in [-0.4, -0.2) is 55.4 Å². The molecule has 0 aliphatic carbocycles. The predicted octanol–water partition coefficient (Wildman–Crippen LogP) is 2.21. The molecule has 2 rings (SSSR count). The van der Waals surface area contributed by atoms with Crippen molar-refractivity contribution < 1.29 is 9.53 Å². The van der Waals surface area contributed by atoms with Crippen molar-refractivity contribution in [2.45, 2.75) is 13.0 Å². The van der Waals surface area contributed by atoms with E-state index in [1.54, 1.807) is 0 Å². The molecule has 0 N–H and O–H groups in total. The minimum absolute atomic E-state index is 0.201. The number of likely N-dealkylation sites (tertiary alicyclic amines) is 1. The lowest BCUT2D eigenvalue weighted by molar-refractivity contribution is -0.128. The van der Waals surface area contributed by atoms with E-state index in [1.807, 2.05) is 43.3 Å². The van der Waals surface area contributed by atoms with Crippen molar-refractivity contribution in [1.29, 1.82) is 0 Å². The number of benzene rings is 1. The number of ether oxygens (including phenoxy) is 1. The fraction of sp³-hybridized carbons (Fsp3) is 0.562. The van der Waals surface area contributed by atoms with Gasteiger partial charge in [-0.05, 0) is 37.7 Å². The molecule has 1 heterocycles. The van der Waals surface area contributed by atoms with Gasteiger partial charge in [0.15, 0.2) is 0 Å². The smallest absolute Gasteiger partial charge is 0.223 e. The lowest BCUT2D eigenvalue weighted by Gasteiger charge is -2.17. The Morgan fingerprint density at radius 3 is 2.62 bits per heavy atom. The highest BCUT2D eigenvalue weighted by atomic mass is 35.5. The second-order valence-corrected chi connectivity index (χ2v) is 6.10. The Morgan fingerprint density at radius 1 is 1.33 bits per heavy atom. The molecule has 1 unspecified atom stereocenters. The van der Waals surface area contributed by atoms with Gasteiger partial charge >= 0.3 is 0 Å². The number of nitrogens with zero attached hydrogens (tertiary/aromatic N) is 2. The molecule has 1 saturated heterocycles. The molecular weight excluding hydrogens is 288 g/mol. The maximum Gasteiger partial charge on any atom is 0.223 e. The monoisotopic (exact) mass is 310 g/mol. The van der Waals surface area contributed by atoms with E-state index in [0.29, 0.717) is 31.4 Å². The third-order valence-electron chi connectivity index (χ3n) is 3.62. The number of rotatable bonds is 7. The van der Waals surface area contributed by atoms with Gasteiger partial charge < -0.3 is 14.5 Å². The molecule has 1 amide bonds. The van der Waals surface area contributed by atoms with Gasteiger partial charge in [0, 0.05) is 31.9 Å². The number of likely N-dealkylation sites (N-methyl/N-ethyl adjacent to an activating group) is 1. The van der Waals surface area contributed by atoms with Gasteiger partial charge in [-0.25, -0.2) is 0 Å². The van der Waals surface area contributed by atoms with Crippen LogP contribution in [0.2, 0.25) is 0 Å². The van der Waals surface area contributed by atoms with Gasteiger partial charge in [-0.15, -0.1) is 11.6 Å². The van der Waals surface area contributed by atoms with E-state index in [-0.39, 0.29) is 5.91 Å². The number of carbonyl (C=O) groups excluding carboxylic acids is 1. The summed E-state index contributed by atoms with van der Waals surface area (Å²) >= 11 is 5.83. The molecule has 5 heteroatoms. The van der Waals surface area contributed by atoms with E-state index in [4.69, 9.17) is 16.3 Å². The molecule has 0 aromatic heterocycles. The first-order valence-electron chi connectivity index (χ1n) is 7.28. The molecule has 1 atom stereocenters. The van der Waals surface area contributed by atoms with E-state index < -0.39 is 0 Å². The molecule has 0 radical (unpaired) electrons. The van der Waals surface area contributed by atoms with Gasteiger partial charge in [0.2, 0.25) is 5.91 Å². The maximum absolute atomic E-state index is 11.9. The van der Waals surface area contributed by atoms with Crippen LogP contribution in [0.15, 0.2) is 24.3 Å². The van der Waals surface area contributed by atoms with Crippen molar-refractivity contribution in [1.82, 2.24) is 9.80 Å². The Kier molecular flexibility index (Phi) is 5.88. The summed E-state index contributed by atoms with van der Waals surface area (Å²) in [5.74, 6) is 1.92. The third-order valence-corrected chi connectivity index (χ3v) is 4.05. The average molecular weight is 311 g/mol. The van der Waals surface area contributed by atoms with Gasteiger partial charge in [-0.2, -0.15) is 0 Å². The highest BCUT2D eigenvalue weighted by molar-refractivity contribution is 6.18. The Balaban J connectivity index is 1.83. The molecule has 116 valence electrons. The highest BCUT2D eigenvalue weighted by Gasteiger charge is 2.28. The summed E-state index contributed by atoms with van der Waals surface area (Å²) in [6.07, 6.45) is 0.579. The number of alkyl halides is 1. The van der Waals surface area contributed by atoms with Crippen molar-refractivity contribution in [2.24, 2.45) is 5.92 Å². The second-order valence-electron chi connectivity index (χ2n) is 5.79. The predicted molar refractivity (Wildman–Crippen MR) is 84.7 cm³/mol. The zero-order valence-corrected chi connectivity index (χ0v) is 13.5. The van der Waals surface area contributed by atoms with Gasteiger partial charge in [0.25, 0.3) is 0 Å². The number of amides is 1. The van der Waals surface area contributed by atoms with Crippen molar-refractivity contribution in [3.8, 4) is 5.75 Å². The van der Waals surface area contributed by atoms with Crippen molar-refractivity contribution in [3.05, 3.63) is 29.8 Å².